The highest BCUT2D eigenvalue weighted by Gasteiger charge is 2.34. The van der Waals surface area contributed by atoms with Crippen LogP contribution in [0.4, 0.5) is 0 Å². The predicted molar refractivity (Wildman–Crippen MR) is 61.9 cm³/mol. The van der Waals surface area contributed by atoms with Gasteiger partial charge in [-0.05, 0) is 31.6 Å². The molecule has 3 nitrogen and oxygen atoms in total. The Morgan fingerprint density at radius 3 is 2.47 bits per heavy atom. The van der Waals surface area contributed by atoms with Crippen molar-refractivity contribution in [3.05, 3.63) is 0 Å². The number of hydrogen-bond acceptors (Lipinski definition) is 3. The molecule has 2 fully saturated rings. The third-order valence-corrected chi connectivity index (χ3v) is 4.00. The molecule has 15 heavy (non-hydrogen) atoms. The molecule has 0 spiro atoms. The molecule has 1 heterocycles. The van der Waals surface area contributed by atoms with Crippen LogP contribution in [0.3, 0.4) is 0 Å². The smallest absolute Gasteiger partial charge is 0.224 e. The van der Waals surface area contributed by atoms with Crippen LogP contribution in [0.2, 0.25) is 0 Å². The lowest BCUT2D eigenvalue weighted by Crippen LogP contribution is -2.39. The molecule has 4 heteroatoms. The zero-order valence-electron chi connectivity index (χ0n) is 8.93. The number of carbonyl (C=O) groups is 1. The summed E-state index contributed by atoms with van der Waals surface area (Å²) >= 11 is 4.36. The molecular weight excluding hydrogens is 210 g/mol. The first kappa shape index (κ1) is 11.3. The van der Waals surface area contributed by atoms with E-state index < -0.39 is 0 Å². The van der Waals surface area contributed by atoms with E-state index in [1.54, 1.807) is 0 Å². The summed E-state index contributed by atoms with van der Waals surface area (Å²) in [7, 11) is 0. The van der Waals surface area contributed by atoms with Crippen molar-refractivity contribution in [1.29, 1.82) is 0 Å². The fraction of sp³-hybridized carbons (Fsp3) is 0.909. The van der Waals surface area contributed by atoms with Crippen molar-refractivity contribution >= 4 is 18.5 Å². The van der Waals surface area contributed by atoms with Gasteiger partial charge in [-0.15, -0.1) is 0 Å². The second-order valence-electron chi connectivity index (χ2n) is 4.76. The Kier molecular flexibility index (Phi) is 3.57. The zero-order chi connectivity index (χ0) is 10.8. The quantitative estimate of drug-likeness (QED) is 0.695. The fourth-order valence-electron chi connectivity index (χ4n) is 2.70. The van der Waals surface area contributed by atoms with Crippen LogP contribution in [0, 0.1) is 5.92 Å². The van der Waals surface area contributed by atoms with Gasteiger partial charge in [-0.1, -0.05) is 0 Å². The molecule has 1 aliphatic carbocycles. The van der Waals surface area contributed by atoms with E-state index in [2.05, 4.69) is 12.6 Å². The van der Waals surface area contributed by atoms with Gasteiger partial charge in [-0.2, -0.15) is 12.6 Å². The number of nitrogens with zero attached hydrogens (tertiary/aromatic N) is 1. The number of carbonyl (C=O) groups excluding carboxylic acids is 1. The molecule has 0 aromatic rings. The highest BCUT2D eigenvalue weighted by Crippen LogP contribution is 2.30. The van der Waals surface area contributed by atoms with Gasteiger partial charge in [0, 0.05) is 30.9 Å². The highest BCUT2D eigenvalue weighted by atomic mass is 32.1. The number of aliphatic hydroxyl groups excluding tert-OH is 1. The number of likely N-dealkylation sites (tertiary alicyclic amines) is 1. The van der Waals surface area contributed by atoms with Gasteiger partial charge in [0.2, 0.25) is 5.91 Å². The largest absolute Gasteiger partial charge is 0.396 e. The molecule has 0 bridgehead atoms. The minimum Gasteiger partial charge on any atom is -0.396 e. The zero-order valence-corrected chi connectivity index (χ0v) is 9.83. The first-order chi connectivity index (χ1) is 7.20. The van der Waals surface area contributed by atoms with Gasteiger partial charge in [0.25, 0.3) is 0 Å². The SMILES string of the molecule is O=C1CC(S)CN1C1CCC(CO)CC1. The second-order valence-corrected chi connectivity index (χ2v) is 5.49. The van der Waals surface area contributed by atoms with Crippen LogP contribution in [0.15, 0.2) is 0 Å². The summed E-state index contributed by atoms with van der Waals surface area (Å²) in [5.74, 6) is 0.730. The first-order valence-corrected chi connectivity index (χ1v) is 6.30. The molecule has 0 aromatic carbocycles. The Labute approximate surface area is 96.2 Å². The maximum Gasteiger partial charge on any atom is 0.224 e. The predicted octanol–water partition coefficient (Wildman–Crippen LogP) is 1.07. The molecule has 1 unspecified atom stereocenters. The van der Waals surface area contributed by atoms with Crippen molar-refractivity contribution in [1.82, 2.24) is 4.90 Å². The van der Waals surface area contributed by atoms with E-state index in [9.17, 15) is 4.79 Å². The molecule has 2 aliphatic rings. The molecule has 1 saturated heterocycles. The van der Waals surface area contributed by atoms with E-state index in [-0.39, 0.29) is 11.2 Å². The van der Waals surface area contributed by atoms with Crippen LogP contribution >= 0.6 is 12.6 Å². The molecule has 86 valence electrons. The van der Waals surface area contributed by atoms with E-state index in [0.717, 1.165) is 32.2 Å². The van der Waals surface area contributed by atoms with E-state index in [1.807, 2.05) is 4.90 Å². The van der Waals surface area contributed by atoms with Gasteiger partial charge in [-0.3, -0.25) is 4.79 Å². The lowest BCUT2D eigenvalue weighted by molar-refractivity contribution is -0.130. The minimum atomic E-state index is 0.230. The van der Waals surface area contributed by atoms with E-state index in [0.29, 0.717) is 25.0 Å². The van der Waals surface area contributed by atoms with Crippen molar-refractivity contribution in [2.75, 3.05) is 13.2 Å². The van der Waals surface area contributed by atoms with E-state index >= 15 is 0 Å². The van der Waals surface area contributed by atoms with Gasteiger partial charge in [0.05, 0.1) is 0 Å². The van der Waals surface area contributed by atoms with Gasteiger partial charge >= 0.3 is 0 Å². The number of thiol groups is 1. The van der Waals surface area contributed by atoms with Crippen molar-refractivity contribution in [2.45, 2.75) is 43.4 Å². The molecule has 1 N–H and O–H groups in total. The van der Waals surface area contributed by atoms with Crippen molar-refractivity contribution in [3.8, 4) is 0 Å². The van der Waals surface area contributed by atoms with Crippen molar-refractivity contribution < 1.29 is 9.90 Å². The fourth-order valence-corrected chi connectivity index (χ4v) is 3.04. The Morgan fingerprint density at radius 2 is 2.00 bits per heavy atom. The van der Waals surface area contributed by atoms with Crippen molar-refractivity contribution in [2.24, 2.45) is 5.92 Å². The molecule has 1 saturated carbocycles. The summed E-state index contributed by atoms with van der Waals surface area (Å²) in [4.78, 5) is 13.7. The Bertz CT molecular complexity index is 239. The summed E-state index contributed by atoms with van der Waals surface area (Å²) in [6.45, 7) is 1.12. The van der Waals surface area contributed by atoms with E-state index in [1.165, 1.54) is 0 Å². The normalized spacial score (nSPS) is 37.3. The van der Waals surface area contributed by atoms with Crippen LogP contribution in [0.5, 0.6) is 0 Å². The van der Waals surface area contributed by atoms with Crippen LogP contribution < -0.4 is 0 Å². The molecular formula is C11H19NO2S. The molecule has 0 aromatic heterocycles. The molecule has 0 radical (unpaired) electrons. The molecule has 1 amide bonds. The second kappa shape index (κ2) is 4.74. The van der Waals surface area contributed by atoms with Crippen LogP contribution in [-0.4, -0.2) is 40.4 Å². The maximum atomic E-state index is 11.7. The van der Waals surface area contributed by atoms with Gasteiger partial charge < -0.3 is 10.0 Å². The lowest BCUT2D eigenvalue weighted by Gasteiger charge is -2.34. The highest BCUT2D eigenvalue weighted by molar-refractivity contribution is 7.81. The maximum absolute atomic E-state index is 11.7. The Hall–Kier alpha value is -0.220. The average Bonchev–Trinajstić information content (AvgIpc) is 2.58. The third-order valence-electron chi connectivity index (χ3n) is 3.65. The van der Waals surface area contributed by atoms with Crippen molar-refractivity contribution in [3.63, 3.8) is 0 Å². The standard InChI is InChI=1S/C11H19NO2S/c13-7-8-1-3-9(4-2-8)12-6-10(15)5-11(12)14/h8-10,13,15H,1-7H2. The van der Waals surface area contributed by atoms with Gasteiger partial charge in [0.15, 0.2) is 0 Å². The lowest BCUT2D eigenvalue weighted by atomic mass is 9.86. The summed E-state index contributed by atoms with van der Waals surface area (Å²) in [6.07, 6.45) is 4.82. The third kappa shape index (κ3) is 2.48. The summed E-state index contributed by atoms with van der Waals surface area (Å²) < 4.78 is 0. The number of hydrogen-bond donors (Lipinski definition) is 2. The molecule has 1 aliphatic heterocycles. The van der Waals surface area contributed by atoms with Crippen LogP contribution in [0.25, 0.3) is 0 Å². The number of amides is 1. The Morgan fingerprint density at radius 1 is 1.33 bits per heavy atom. The molecule has 2 rings (SSSR count). The monoisotopic (exact) mass is 229 g/mol. The number of aliphatic hydroxyl groups is 1. The average molecular weight is 229 g/mol. The van der Waals surface area contributed by atoms with Crippen LogP contribution in [0.1, 0.15) is 32.1 Å². The topological polar surface area (TPSA) is 40.5 Å². The van der Waals surface area contributed by atoms with Gasteiger partial charge in [0.1, 0.15) is 0 Å². The van der Waals surface area contributed by atoms with E-state index in [4.69, 9.17) is 5.11 Å². The summed E-state index contributed by atoms with van der Waals surface area (Å²) in [5, 5.41) is 9.27. The Balaban J connectivity index is 1.88. The minimum absolute atomic E-state index is 0.230. The summed E-state index contributed by atoms with van der Waals surface area (Å²) in [5.41, 5.74) is 0. The first-order valence-electron chi connectivity index (χ1n) is 5.79. The molecule has 1 atom stereocenters. The van der Waals surface area contributed by atoms with Gasteiger partial charge in [-0.25, -0.2) is 0 Å². The van der Waals surface area contributed by atoms with Crippen LogP contribution in [-0.2, 0) is 4.79 Å². The summed E-state index contributed by atoms with van der Waals surface area (Å²) in [6, 6.07) is 0.414. The number of rotatable bonds is 2.